The Hall–Kier alpha value is -1.59. The summed E-state index contributed by atoms with van der Waals surface area (Å²) in [4.78, 5) is 37.8. The molecule has 1 saturated heterocycles. The van der Waals surface area contributed by atoms with Crippen molar-refractivity contribution in [1.29, 1.82) is 0 Å². The minimum absolute atomic E-state index is 0.0465. The highest BCUT2D eigenvalue weighted by Gasteiger charge is 2.51. The Labute approximate surface area is 155 Å². The summed E-state index contributed by atoms with van der Waals surface area (Å²) >= 11 is 0. The smallest absolute Gasteiger partial charge is 0.325 e. The number of hydrogen-bond donors (Lipinski definition) is 1. The van der Waals surface area contributed by atoms with Gasteiger partial charge in [0, 0.05) is 19.5 Å². The first-order chi connectivity index (χ1) is 12.5. The molecule has 1 heterocycles. The maximum Gasteiger partial charge on any atom is 0.325 e. The van der Waals surface area contributed by atoms with Gasteiger partial charge in [-0.05, 0) is 74.5 Å². The Morgan fingerprint density at radius 1 is 0.962 bits per heavy atom. The van der Waals surface area contributed by atoms with Crippen LogP contribution in [0.25, 0.3) is 0 Å². The third-order valence-corrected chi connectivity index (χ3v) is 6.95. The number of likely N-dealkylation sites (tertiary alicyclic amines) is 1. The van der Waals surface area contributed by atoms with Gasteiger partial charge in [0.2, 0.25) is 5.91 Å². The molecule has 0 spiro atoms. The highest BCUT2D eigenvalue weighted by atomic mass is 16.5. The number of nitrogens with one attached hydrogen (secondary N) is 1. The maximum atomic E-state index is 12.4. The van der Waals surface area contributed by atoms with E-state index in [0.29, 0.717) is 6.42 Å². The zero-order chi connectivity index (χ0) is 18.1. The van der Waals surface area contributed by atoms with Crippen LogP contribution in [0.15, 0.2) is 0 Å². The molecule has 0 radical (unpaired) electrons. The van der Waals surface area contributed by atoms with Crippen LogP contribution in [0.3, 0.4) is 0 Å². The molecule has 5 aliphatic rings. The summed E-state index contributed by atoms with van der Waals surface area (Å²) in [6.07, 6.45) is 10.2. The maximum absolute atomic E-state index is 12.4. The minimum atomic E-state index is -0.531. The average Bonchev–Trinajstić information content (AvgIpc) is 3.11. The fourth-order valence-corrected chi connectivity index (χ4v) is 6.33. The Balaban J connectivity index is 1.18. The van der Waals surface area contributed by atoms with Crippen molar-refractivity contribution in [3.8, 4) is 0 Å². The SMILES string of the molecule is O=C(CC12CC3CC(CC(C3)C1)C2)NCC(=O)OCC(=O)N1CCCC1. The molecule has 144 valence electrons. The van der Waals surface area contributed by atoms with Gasteiger partial charge in [-0.25, -0.2) is 0 Å². The molecule has 5 rings (SSSR count). The summed E-state index contributed by atoms with van der Waals surface area (Å²) < 4.78 is 5.02. The second-order valence-corrected chi connectivity index (χ2v) is 9.12. The van der Waals surface area contributed by atoms with E-state index in [1.165, 1.54) is 38.5 Å². The van der Waals surface area contributed by atoms with Gasteiger partial charge >= 0.3 is 5.97 Å². The third kappa shape index (κ3) is 3.89. The van der Waals surface area contributed by atoms with Gasteiger partial charge in [-0.15, -0.1) is 0 Å². The van der Waals surface area contributed by atoms with Crippen molar-refractivity contribution in [1.82, 2.24) is 10.2 Å². The molecule has 4 saturated carbocycles. The lowest BCUT2D eigenvalue weighted by molar-refractivity contribution is -0.151. The van der Waals surface area contributed by atoms with Crippen molar-refractivity contribution in [2.75, 3.05) is 26.2 Å². The summed E-state index contributed by atoms with van der Waals surface area (Å²) in [6.45, 7) is 1.14. The van der Waals surface area contributed by atoms with Crippen molar-refractivity contribution >= 4 is 17.8 Å². The molecule has 2 amide bonds. The van der Waals surface area contributed by atoms with Crippen molar-refractivity contribution < 1.29 is 19.1 Å². The van der Waals surface area contributed by atoms with E-state index in [1.807, 2.05) is 0 Å². The van der Waals surface area contributed by atoms with E-state index in [-0.39, 0.29) is 30.4 Å². The van der Waals surface area contributed by atoms with E-state index < -0.39 is 5.97 Å². The fraction of sp³-hybridized carbons (Fsp3) is 0.850. The van der Waals surface area contributed by atoms with E-state index in [4.69, 9.17) is 4.74 Å². The van der Waals surface area contributed by atoms with Crippen LogP contribution in [0, 0.1) is 23.2 Å². The van der Waals surface area contributed by atoms with Gasteiger partial charge in [0.05, 0.1) is 0 Å². The second kappa shape index (κ2) is 7.20. The molecule has 1 N–H and O–H groups in total. The van der Waals surface area contributed by atoms with Crippen LogP contribution in [0.1, 0.15) is 57.8 Å². The van der Waals surface area contributed by atoms with Gasteiger partial charge in [0.25, 0.3) is 5.91 Å². The molecule has 0 aromatic carbocycles. The highest BCUT2D eigenvalue weighted by Crippen LogP contribution is 2.61. The predicted octanol–water partition coefficient (Wildman–Crippen LogP) is 1.87. The van der Waals surface area contributed by atoms with Gasteiger partial charge < -0.3 is 15.0 Å². The van der Waals surface area contributed by atoms with E-state index in [2.05, 4.69) is 5.32 Å². The Morgan fingerprint density at radius 2 is 1.54 bits per heavy atom. The number of amides is 2. The highest BCUT2D eigenvalue weighted by molar-refractivity contribution is 5.84. The number of rotatable bonds is 6. The first-order valence-electron chi connectivity index (χ1n) is 10.2. The van der Waals surface area contributed by atoms with E-state index in [1.54, 1.807) is 4.90 Å². The monoisotopic (exact) mass is 362 g/mol. The zero-order valence-electron chi connectivity index (χ0n) is 15.5. The number of esters is 1. The first kappa shape index (κ1) is 17.8. The molecule has 0 aromatic rings. The zero-order valence-corrected chi connectivity index (χ0v) is 15.5. The third-order valence-electron chi connectivity index (χ3n) is 6.95. The largest absolute Gasteiger partial charge is 0.454 e. The summed E-state index contributed by atoms with van der Waals surface area (Å²) in [6, 6.07) is 0. The summed E-state index contributed by atoms with van der Waals surface area (Å²) in [5, 5.41) is 2.71. The van der Waals surface area contributed by atoms with Gasteiger partial charge in [-0.2, -0.15) is 0 Å². The first-order valence-corrected chi connectivity index (χ1v) is 10.2. The molecule has 0 unspecified atom stereocenters. The van der Waals surface area contributed by atoms with Gasteiger partial charge in [-0.3, -0.25) is 14.4 Å². The molecule has 26 heavy (non-hydrogen) atoms. The van der Waals surface area contributed by atoms with Crippen LogP contribution in [0.5, 0.6) is 0 Å². The number of carbonyl (C=O) groups excluding carboxylic acids is 3. The van der Waals surface area contributed by atoms with Gasteiger partial charge in [-0.1, -0.05) is 0 Å². The van der Waals surface area contributed by atoms with Crippen molar-refractivity contribution in [2.45, 2.75) is 57.8 Å². The van der Waals surface area contributed by atoms with Crippen LogP contribution in [0.4, 0.5) is 0 Å². The van der Waals surface area contributed by atoms with E-state index in [9.17, 15) is 14.4 Å². The molecule has 0 atom stereocenters. The molecular weight excluding hydrogens is 332 g/mol. The molecule has 6 nitrogen and oxygen atoms in total. The molecule has 4 bridgehead atoms. The van der Waals surface area contributed by atoms with Crippen LogP contribution in [-0.2, 0) is 19.1 Å². The normalized spacial score (nSPS) is 34.8. The summed E-state index contributed by atoms with van der Waals surface area (Å²) in [5.74, 6) is 1.73. The average molecular weight is 362 g/mol. The van der Waals surface area contributed by atoms with Crippen molar-refractivity contribution in [3.05, 3.63) is 0 Å². The van der Waals surface area contributed by atoms with Crippen molar-refractivity contribution in [3.63, 3.8) is 0 Å². The van der Waals surface area contributed by atoms with E-state index >= 15 is 0 Å². The van der Waals surface area contributed by atoms with Gasteiger partial charge in [0.1, 0.15) is 6.54 Å². The van der Waals surface area contributed by atoms with Crippen LogP contribution in [0.2, 0.25) is 0 Å². The lowest BCUT2D eigenvalue weighted by atomic mass is 9.49. The number of nitrogens with zero attached hydrogens (tertiary/aromatic N) is 1. The quantitative estimate of drug-likeness (QED) is 0.732. The lowest BCUT2D eigenvalue weighted by Crippen LogP contribution is -2.48. The summed E-state index contributed by atoms with van der Waals surface area (Å²) in [7, 11) is 0. The standard InChI is InChI=1S/C20H30N2O4/c23-17(11-20-8-14-5-15(9-20)7-16(6-14)10-20)21-12-19(25)26-13-18(24)22-3-1-2-4-22/h14-16H,1-13H2,(H,21,23). The second-order valence-electron chi connectivity index (χ2n) is 9.12. The van der Waals surface area contributed by atoms with E-state index in [0.717, 1.165) is 43.7 Å². The Bertz CT molecular complexity index is 547. The van der Waals surface area contributed by atoms with Crippen LogP contribution >= 0.6 is 0 Å². The Morgan fingerprint density at radius 3 is 2.12 bits per heavy atom. The molecular formula is C20H30N2O4. The number of hydrogen-bond acceptors (Lipinski definition) is 4. The topological polar surface area (TPSA) is 75.7 Å². The molecule has 6 heteroatoms. The van der Waals surface area contributed by atoms with Crippen LogP contribution < -0.4 is 5.32 Å². The minimum Gasteiger partial charge on any atom is -0.454 e. The fourth-order valence-electron chi connectivity index (χ4n) is 6.33. The number of ether oxygens (including phenoxy) is 1. The Kier molecular flexibility index (Phi) is 4.93. The number of carbonyl (C=O) groups is 3. The van der Waals surface area contributed by atoms with Crippen molar-refractivity contribution in [2.24, 2.45) is 23.2 Å². The van der Waals surface area contributed by atoms with Gasteiger partial charge in [0.15, 0.2) is 6.61 Å². The van der Waals surface area contributed by atoms with Crippen LogP contribution in [-0.4, -0.2) is 48.9 Å². The lowest BCUT2D eigenvalue weighted by Gasteiger charge is -2.56. The summed E-state index contributed by atoms with van der Waals surface area (Å²) in [5.41, 5.74) is 0.175. The molecule has 4 aliphatic carbocycles. The predicted molar refractivity (Wildman–Crippen MR) is 95.0 cm³/mol. The molecule has 5 fully saturated rings. The molecule has 0 aromatic heterocycles. The molecule has 1 aliphatic heterocycles.